The Balaban J connectivity index is 1.86. The van der Waals surface area contributed by atoms with E-state index in [1.165, 1.54) is 17.5 Å². The van der Waals surface area contributed by atoms with Gasteiger partial charge in [-0.15, -0.1) is 22.7 Å². The first-order valence-electron chi connectivity index (χ1n) is 7.35. The summed E-state index contributed by atoms with van der Waals surface area (Å²) >= 11 is 2.98. The number of hydrogen-bond donors (Lipinski definition) is 0. The second-order valence-corrected chi connectivity index (χ2v) is 9.42. The van der Waals surface area contributed by atoms with Crippen molar-refractivity contribution < 1.29 is 8.42 Å². The maximum Gasteiger partial charge on any atom is 0.226 e. The third-order valence-corrected chi connectivity index (χ3v) is 7.39. The van der Waals surface area contributed by atoms with Crippen molar-refractivity contribution in [2.45, 2.75) is 16.5 Å². The van der Waals surface area contributed by atoms with E-state index in [1.807, 2.05) is 35.5 Å². The SMILES string of the molecule is CN(C)CCn1cc(S(=O)(=O)c2cnc3sccn23)c2ccsc21. The van der Waals surface area contributed by atoms with Crippen LogP contribution in [0, 0.1) is 0 Å². The Morgan fingerprint density at radius 3 is 2.88 bits per heavy atom. The molecule has 6 nitrogen and oxygen atoms in total. The van der Waals surface area contributed by atoms with Gasteiger partial charge in [-0.1, -0.05) is 0 Å². The molecule has 24 heavy (non-hydrogen) atoms. The average Bonchev–Trinajstić information content (AvgIpc) is 3.25. The first-order chi connectivity index (χ1) is 11.5. The fraction of sp³-hybridized carbons (Fsp3) is 0.267. The molecular weight excluding hydrogens is 364 g/mol. The molecular formula is C15H16N4O2S3. The molecule has 0 aliphatic rings. The van der Waals surface area contributed by atoms with Crippen LogP contribution in [-0.2, 0) is 16.4 Å². The molecule has 0 radical (unpaired) electrons. The zero-order valence-corrected chi connectivity index (χ0v) is 15.7. The van der Waals surface area contributed by atoms with Crippen molar-refractivity contribution in [3.05, 3.63) is 35.4 Å². The fourth-order valence-corrected chi connectivity index (χ4v) is 5.96. The number of aromatic nitrogens is 3. The lowest BCUT2D eigenvalue weighted by Gasteiger charge is -2.10. The van der Waals surface area contributed by atoms with Crippen molar-refractivity contribution in [2.24, 2.45) is 0 Å². The van der Waals surface area contributed by atoms with Gasteiger partial charge in [0.05, 0.1) is 11.1 Å². The molecule has 0 saturated heterocycles. The van der Waals surface area contributed by atoms with E-state index >= 15 is 0 Å². The minimum atomic E-state index is -3.63. The van der Waals surface area contributed by atoms with Crippen LogP contribution < -0.4 is 0 Å². The number of sulfone groups is 1. The van der Waals surface area contributed by atoms with Crippen LogP contribution in [0.5, 0.6) is 0 Å². The van der Waals surface area contributed by atoms with Gasteiger partial charge in [0.1, 0.15) is 4.83 Å². The van der Waals surface area contributed by atoms with Gasteiger partial charge in [-0.25, -0.2) is 13.4 Å². The number of rotatable bonds is 5. The quantitative estimate of drug-likeness (QED) is 0.534. The molecule has 0 aliphatic carbocycles. The van der Waals surface area contributed by atoms with Crippen LogP contribution in [0.25, 0.3) is 15.2 Å². The zero-order chi connectivity index (χ0) is 16.9. The number of thiophene rings is 1. The highest BCUT2D eigenvalue weighted by molar-refractivity contribution is 7.91. The monoisotopic (exact) mass is 380 g/mol. The van der Waals surface area contributed by atoms with Crippen molar-refractivity contribution in [1.82, 2.24) is 18.9 Å². The molecule has 9 heteroatoms. The standard InChI is InChI=1S/C15H16N4O2S3/c1-17(2)4-5-18-10-12(11-3-7-22-14(11)18)24(20,21)13-9-16-15-19(13)6-8-23-15/h3,6-10H,4-5H2,1-2H3. The Labute approximate surface area is 147 Å². The van der Waals surface area contributed by atoms with Crippen LogP contribution in [0.15, 0.2) is 45.3 Å². The van der Waals surface area contributed by atoms with Gasteiger partial charge < -0.3 is 9.47 Å². The van der Waals surface area contributed by atoms with Crippen LogP contribution in [-0.4, -0.2) is 47.9 Å². The third-order valence-electron chi connectivity index (χ3n) is 3.91. The van der Waals surface area contributed by atoms with Gasteiger partial charge in [-0.3, -0.25) is 4.40 Å². The summed E-state index contributed by atoms with van der Waals surface area (Å²) in [5, 5.41) is 4.77. The first kappa shape index (κ1) is 15.8. The van der Waals surface area contributed by atoms with Gasteiger partial charge in [-0.05, 0) is 25.5 Å². The largest absolute Gasteiger partial charge is 0.337 e. The lowest BCUT2D eigenvalue weighted by atomic mass is 10.4. The fourth-order valence-electron chi connectivity index (χ4n) is 2.69. The summed E-state index contributed by atoms with van der Waals surface area (Å²) in [4.78, 5) is 8.30. The minimum absolute atomic E-state index is 0.219. The van der Waals surface area contributed by atoms with E-state index in [4.69, 9.17) is 0 Å². The zero-order valence-electron chi connectivity index (χ0n) is 13.2. The van der Waals surface area contributed by atoms with Crippen LogP contribution in [0.4, 0.5) is 0 Å². The third kappa shape index (κ3) is 2.39. The van der Waals surface area contributed by atoms with Crippen molar-refractivity contribution in [1.29, 1.82) is 0 Å². The van der Waals surface area contributed by atoms with Gasteiger partial charge >= 0.3 is 0 Å². The van der Waals surface area contributed by atoms with E-state index in [1.54, 1.807) is 28.1 Å². The van der Waals surface area contributed by atoms with Crippen LogP contribution in [0.1, 0.15) is 0 Å². The predicted octanol–water partition coefficient (Wildman–Crippen LogP) is 2.81. The van der Waals surface area contributed by atoms with Crippen molar-refractivity contribution in [3.8, 4) is 0 Å². The van der Waals surface area contributed by atoms with Gasteiger partial charge in [0.25, 0.3) is 0 Å². The summed E-state index contributed by atoms with van der Waals surface area (Å²) < 4.78 is 30.1. The van der Waals surface area contributed by atoms with Gasteiger partial charge in [0.15, 0.2) is 9.99 Å². The number of fused-ring (bicyclic) bond motifs is 2. The molecule has 4 rings (SSSR count). The Hall–Kier alpha value is -1.68. The molecule has 0 aromatic carbocycles. The molecule has 126 valence electrons. The molecule has 4 aromatic heterocycles. The van der Waals surface area contributed by atoms with E-state index in [9.17, 15) is 8.42 Å². The molecule has 0 bridgehead atoms. The van der Waals surface area contributed by atoms with E-state index in [0.717, 1.165) is 23.3 Å². The molecule has 4 aromatic rings. The van der Waals surface area contributed by atoms with Gasteiger partial charge in [0, 0.05) is 36.2 Å². The molecule has 0 aliphatic heterocycles. The normalized spacial score (nSPS) is 12.8. The maximum atomic E-state index is 13.2. The molecule has 0 amide bonds. The van der Waals surface area contributed by atoms with Gasteiger partial charge in [-0.2, -0.15) is 0 Å². The molecule has 4 heterocycles. The van der Waals surface area contributed by atoms with Crippen LogP contribution in [0.2, 0.25) is 0 Å². The van der Waals surface area contributed by atoms with Crippen LogP contribution in [0.3, 0.4) is 0 Å². The summed E-state index contributed by atoms with van der Waals surface area (Å²) in [7, 11) is 0.386. The molecule has 0 unspecified atom stereocenters. The topological polar surface area (TPSA) is 59.6 Å². The highest BCUT2D eigenvalue weighted by Crippen LogP contribution is 2.33. The van der Waals surface area contributed by atoms with E-state index in [2.05, 4.69) is 9.88 Å². The minimum Gasteiger partial charge on any atom is -0.337 e. The Kier molecular flexibility index (Phi) is 3.75. The lowest BCUT2D eigenvalue weighted by molar-refractivity contribution is 0.387. The van der Waals surface area contributed by atoms with Crippen molar-refractivity contribution >= 4 is 47.7 Å². The van der Waals surface area contributed by atoms with Gasteiger partial charge in [0.2, 0.25) is 9.84 Å². The highest BCUT2D eigenvalue weighted by Gasteiger charge is 2.27. The van der Waals surface area contributed by atoms with E-state index in [-0.39, 0.29) is 5.03 Å². The van der Waals surface area contributed by atoms with E-state index < -0.39 is 9.84 Å². The summed E-state index contributed by atoms with van der Waals surface area (Å²) in [6.07, 6.45) is 4.94. The second kappa shape index (κ2) is 5.69. The molecule has 0 atom stereocenters. The molecule has 0 spiro atoms. The smallest absolute Gasteiger partial charge is 0.226 e. The number of thiazole rings is 1. The predicted molar refractivity (Wildman–Crippen MR) is 96.9 cm³/mol. The molecule has 0 saturated carbocycles. The Bertz CT molecular complexity index is 1110. The highest BCUT2D eigenvalue weighted by atomic mass is 32.2. The summed E-state index contributed by atoms with van der Waals surface area (Å²) in [6, 6.07) is 1.88. The van der Waals surface area contributed by atoms with E-state index in [0.29, 0.717) is 9.86 Å². The maximum absolute atomic E-state index is 13.2. The number of likely N-dealkylation sites (N-methyl/N-ethyl adjacent to an activating group) is 1. The number of imidazole rings is 1. The van der Waals surface area contributed by atoms with Crippen LogP contribution >= 0.6 is 22.7 Å². The second-order valence-electron chi connectivity index (χ2n) is 5.78. The lowest BCUT2D eigenvalue weighted by Crippen LogP contribution is -2.17. The summed E-state index contributed by atoms with van der Waals surface area (Å²) in [6.45, 7) is 1.60. The summed E-state index contributed by atoms with van der Waals surface area (Å²) in [5.74, 6) is 0. The Morgan fingerprint density at radius 1 is 1.25 bits per heavy atom. The average molecular weight is 381 g/mol. The Morgan fingerprint density at radius 2 is 2.08 bits per heavy atom. The van der Waals surface area contributed by atoms with Crippen molar-refractivity contribution in [2.75, 3.05) is 20.6 Å². The first-order valence-corrected chi connectivity index (χ1v) is 10.6. The van der Waals surface area contributed by atoms with Crippen molar-refractivity contribution in [3.63, 3.8) is 0 Å². The summed E-state index contributed by atoms with van der Waals surface area (Å²) in [5.41, 5.74) is 0. The number of hydrogen-bond acceptors (Lipinski definition) is 6. The molecule has 0 fully saturated rings. The number of nitrogens with zero attached hydrogens (tertiary/aromatic N) is 4. The molecule has 0 N–H and O–H groups in total.